The molecule has 0 radical (unpaired) electrons. The van der Waals surface area contributed by atoms with Crippen LogP contribution in [0.15, 0.2) is 54.6 Å². The van der Waals surface area contributed by atoms with E-state index in [9.17, 15) is 9.59 Å². The number of carbonyl (C=O) groups is 2. The minimum Gasteiger partial charge on any atom is -0.368 e. The van der Waals surface area contributed by atoms with Crippen LogP contribution >= 0.6 is 22.6 Å². The zero-order valence-electron chi connectivity index (χ0n) is 12.0. The summed E-state index contributed by atoms with van der Waals surface area (Å²) in [6.45, 7) is 0. The molecule has 0 aromatic heterocycles. The van der Waals surface area contributed by atoms with Crippen LogP contribution < -0.4 is 11.1 Å². The summed E-state index contributed by atoms with van der Waals surface area (Å²) in [5, 5.41) is 2.71. The predicted molar refractivity (Wildman–Crippen MR) is 94.1 cm³/mol. The first-order valence-electron chi connectivity index (χ1n) is 6.91. The molecular weight excluding hydrogens is 391 g/mol. The molecule has 2 aromatic carbocycles. The van der Waals surface area contributed by atoms with Crippen molar-refractivity contribution >= 4 is 34.4 Å². The Morgan fingerprint density at radius 1 is 1.00 bits per heavy atom. The van der Waals surface area contributed by atoms with Gasteiger partial charge in [0.25, 0.3) is 0 Å². The summed E-state index contributed by atoms with van der Waals surface area (Å²) in [5.74, 6) is -0.736. The Morgan fingerprint density at radius 2 is 1.64 bits per heavy atom. The fourth-order valence-electron chi connectivity index (χ4n) is 2.11. The molecule has 0 fully saturated rings. The second kappa shape index (κ2) is 7.93. The lowest BCUT2D eigenvalue weighted by molar-refractivity contribution is -0.127. The summed E-state index contributed by atoms with van der Waals surface area (Å²) in [6.07, 6.45) is 0.629. The largest absolute Gasteiger partial charge is 0.368 e. The molecule has 22 heavy (non-hydrogen) atoms. The highest BCUT2D eigenvalue weighted by molar-refractivity contribution is 14.1. The van der Waals surface area contributed by atoms with Crippen molar-refractivity contribution in [1.29, 1.82) is 0 Å². The molecule has 0 aliphatic heterocycles. The Balaban J connectivity index is 1.98. The second-order valence-corrected chi connectivity index (χ2v) is 6.26. The lowest BCUT2D eigenvalue weighted by Gasteiger charge is -2.15. The zero-order chi connectivity index (χ0) is 15.9. The fraction of sp³-hybridized carbons (Fsp3) is 0.176. The van der Waals surface area contributed by atoms with Gasteiger partial charge in [-0.15, -0.1) is 0 Å². The Morgan fingerprint density at radius 3 is 2.23 bits per heavy atom. The Bertz CT molecular complexity index is 641. The summed E-state index contributed by atoms with van der Waals surface area (Å²) >= 11 is 2.21. The average Bonchev–Trinajstić information content (AvgIpc) is 2.49. The number of nitrogens with two attached hydrogens (primary N) is 1. The SMILES string of the molecule is NC(=O)[C@@H](Cc1ccc(I)cc1)NC(=O)Cc1ccccc1. The van der Waals surface area contributed by atoms with Gasteiger partial charge in [0.15, 0.2) is 0 Å². The molecule has 2 amide bonds. The Labute approximate surface area is 143 Å². The molecule has 1 atom stereocenters. The highest BCUT2D eigenvalue weighted by Crippen LogP contribution is 2.09. The topological polar surface area (TPSA) is 72.2 Å². The minimum atomic E-state index is -0.698. The van der Waals surface area contributed by atoms with Gasteiger partial charge >= 0.3 is 0 Å². The van der Waals surface area contributed by atoms with Crippen molar-refractivity contribution in [3.63, 3.8) is 0 Å². The van der Waals surface area contributed by atoms with Crippen LogP contribution in [-0.2, 0) is 22.4 Å². The molecular formula is C17H17IN2O2. The van der Waals surface area contributed by atoms with Crippen LogP contribution in [0.2, 0.25) is 0 Å². The van der Waals surface area contributed by atoms with E-state index in [2.05, 4.69) is 27.9 Å². The summed E-state index contributed by atoms with van der Waals surface area (Å²) < 4.78 is 1.12. The number of halogens is 1. The standard InChI is InChI=1S/C17H17IN2O2/c18-14-8-6-13(7-9-14)10-15(17(19)22)20-16(21)11-12-4-2-1-3-5-12/h1-9,15H,10-11H2,(H2,19,22)(H,20,21)/t15-/m1/s1. The van der Waals surface area contributed by atoms with Gasteiger partial charge in [0.05, 0.1) is 6.42 Å². The fourth-order valence-corrected chi connectivity index (χ4v) is 2.47. The van der Waals surface area contributed by atoms with Gasteiger partial charge in [-0.05, 0) is 45.9 Å². The predicted octanol–water partition coefficient (Wildman–Crippen LogP) is 2.05. The van der Waals surface area contributed by atoms with Gasteiger partial charge in [0.1, 0.15) is 6.04 Å². The first kappa shape index (κ1) is 16.5. The van der Waals surface area contributed by atoms with Crippen molar-refractivity contribution in [3.8, 4) is 0 Å². The molecule has 2 aromatic rings. The van der Waals surface area contributed by atoms with E-state index in [0.29, 0.717) is 6.42 Å². The van der Waals surface area contributed by atoms with E-state index in [1.165, 1.54) is 0 Å². The molecule has 114 valence electrons. The maximum atomic E-state index is 12.1. The second-order valence-electron chi connectivity index (χ2n) is 5.02. The van der Waals surface area contributed by atoms with E-state index in [1.807, 2.05) is 54.6 Å². The van der Waals surface area contributed by atoms with Gasteiger partial charge in [-0.25, -0.2) is 0 Å². The quantitative estimate of drug-likeness (QED) is 0.719. The van der Waals surface area contributed by atoms with E-state index in [1.54, 1.807) is 0 Å². The van der Waals surface area contributed by atoms with Crippen LogP contribution in [0.4, 0.5) is 0 Å². The third-order valence-electron chi connectivity index (χ3n) is 3.24. The highest BCUT2D eigenvalue weighted by atomic mass is 127. The summed E-state index contributed by atoms with van der Waals surface area (Å²) in [5.41, 5.74) is 7.26. The van der Waals surface area contributed by atoms with Crippen molar-refractivity contribution in [3.05, 3.63) is 69.3 Å². The van der Waals surface area contributed by atoms with Crippen molar-refractivity contribution in [2.45, 2.75) is 18.9 Å². The molecule has 0 saturated heterocycles. The summed E-state index contributed by atoms with van der Waals surface area (Å²) in [7, 11) is 0. The number of primary amides is 1. The first-order valence-corrected chi connectivity index (χ1v) is 7.99. The van der Waals surface area contributed by atoms with Crippen LogP contribution in [0, 0.1) is 3.57 Å². The van der Waals surface area contributed by atoms with E-state index >= 15 is 0 Å². The van der Waals surface area contributed by atoms with Gasteiger partial charge < -0.3 is 11.1 Å². The monoisotopic (exact) mass is 408 g/mol. The van der Waals surface area contributed by atoms with Gasteiger partial charge in [-0.2, -0.15) is 0 Å². The number of hydrogen-bond acceptors (Lipinski definition) is 2. The number of carbonyl (C=O) groups excluding carboxylic acids is 2. The zero-order valence-corrected chi connectivity index (χ0v) is 14.1. The molecule has 0 bridgehead atoms. The first-order chi connectivity index (χ1) is 10.5. The van der Waals surface area contributed by atoms with Crippen molar-refractivity contribution in [2.24, 2.45) is 5.73 Å². The maximum Gasteiger partial charge on any atom is 0.240 e. The smallest absolute Gasteiger partial charge is 0.240 e. The van der Waals surface area contributed by atoms with Crippen LogP contribution in [0.3, 0.4) is 0 Å². The van der Waals surface area contributed by atoms with E-state index in [-0.39, 0.29) is 12.3 Å². The highest BCUT2D eigenvalue weighted by Gasteiger charge is 2.18. The normalized spacial score (nSPS) is 11.7. The molecule has 2 rings (SSSR count). The van der Waals surface area contributed by atoms with E-state index in [0.717, 1.165) is 14.7 Å². The van der Waals surface area contributed by atoms with Gasteiger partial charge in [-0.1, -0.05) is 42.5 Å². The molecule has 3 N–H and O–H groups in total. The summed E-state index contributed by atoms with van der Waals surface area (Å²) in [6, 6.07) is 16.5. The number of amides is 2. The van der Waals surface area contributed by atoms with Gasteiger partial charge in [-0.3, -0.25) is 9.59 Å². The molecule has 4 nitrogen and oxygen atoms in total. The lowest BCUT2D eigenvalue weighted by Crippen LogP contribution is -2.46. The molecule has 0 aliphatic carbocycles. The average molecular weight is 408 g/mol. The number of nitrogens with one attached hydrogen (secondary N) is 1. The number of hydrogen-bond donors (Lipinski definition) is 2. The van der Waals surface area contributed by atoms with Crippen LogP contribution in [-0.4, -0.2) is 17.9 Å². The molecule has 0 heterocycles. The molecule has 5 heteroatoms. The third-order valence-corrected chi connectivity index (χ3v) is 3.96. The van der Waals surface area contributed by atoms with Crippen molar-refractivity contribution in [1.82, 2.24) is 5.32 Å². The van der Waals surface area contributed by atoms with Gasteiger partial charge in [0, 0.05) is 9.99 Å². The van der Waals surface area contributed by atoms with Crippen LogP contribution in [0.1, 0.15) is 11.1 Å². The Kier molecular flexibility index (Phi) is 5.94. The molecule has 0 aliphatic rings. The molecule has 0 unspecified atom stereocenters. The van der Waals surface area contributed by atoms with Crippen LogP contribution in [0.25, 0.3) is 0 Å². The van der Waals surface area contributed by atoms with Crippen molar-refractivity contribution < 1.29 is 9.59 Å². The van der Waals surface area contributed by atoms with Crippen molar-refractivity contribution in [2.75, 3.05) is 0 Å². The van der Waals surface area contributed by atoms with E-state index in [4.69, 9.17) is 5.73 Å². The number of rotatable bonds is 6. The molecule has 0 spiro atoms. The molecule has 0 saturated carbocycles. The minimum absolute atomic E-state index is 0.208. The Hall–Kier alpha value is -1.89. The van der Waals surface area contributed by atoms with Crippen LogP contribution in [0.5, 0.6) is 0 Å². The number of benzene rings is 2. The lowest BCUT2D eigenvalue weighted by atomic mass is 10.0. The maximum absolute atomic E-state index is 12.1. The van der Waals surface area contributed by atoms with Gasteiger partial charge in [0.2, 0.25) is 11.8 Å². The van der Waals surface area contributed by atoms with E-state index < -0.39 is 11.9 Å². The third kappa shape index (κ3) is 5.14. The summed E-state index contributed by atoms with van der Waals surface area (Å²) in [4.78, 5) is 23.6.